The fourth-order valence-corrected chi connectivity index (χ4v) is 4.08. The number of carbonyl (C=O) groups excluding carboxylic acids is 1. The molecule has 0 fully saturated rings. The van der Waals surface area contributed by atoms with Gasteiger partial charge in [-0.15, -0.1) is 11.3 Å². The zero-order chi connectivity index (χ0) is 20.3. The van der Waals surface area contributed by atoms with Gasteiger partial charge in [-0.05, 0) is 61.7 Å². The van der Waals surface area contributed by atoms with Crippen molar-refractivity contribution in [3.63, 3.8) is 0 Å². The van der Waals surface area contributed by atoms with Crippen LogP contribution >= 0.6 is 34.5 Å². The van der Waals surface area contributed by atoms with Crippen molar-refractivity contribution in [1.82, 2.24) is 4.98 Å². The van der Waals surface area contributed by atoms with E-state index in [1.54, 1.807) is 25.3 Å². The highest BCUT2D eigenvalue weighted by Gasteiger charge is 2.17. The minimum absolute atomic E-state index is 0.246. The lowest BCUT2D eigenvalue weighted by Crippen LogP contribution is -2.30. The van der Waals surface area contributed by atoms with Gasteiger partial charge in [-0.1, -0.05) is 35.3 Å². The first-order valence-electron chi connectivity index (χ1n) is 8.74. The normalized spacial score (nSPS) is 11.9. The second-order valence-electron chi connectivity index (χ2n) is 6.62. The molecule has 0 spiro atoms. The summed E-state index contributed by atoms with van der Waals surface area (Å²) >= 11 is 13.6. The highest BCUT2D eigenvalue weighted by Crippen LogP contribution is 2.27. The molecule has 0 bridgehead atoms. The first-order valence-corrected chi connectivity index (χ1v) is 10.3. The Morgan fingerprint density at radius 3 is 2.57 bits per heavy atom. The summed E-state index contributed by atoms with van der Waals surface area (Å²) in [5.41, 5.74) is 3.14. The summed E-state index contributed by atoms with van der Waals surface area (Å²) in [5, 5.41) is 4.55. The minimum Gasteiger partial charge on any atom is -0.481 e. The summed E-state index contributed by atoms with van der Waals surface area (Å²) in [7, 11) is 0. The lowest BCUT2D eigenvalue weighted by molar-refractivity contribution is -0.122. The van der Waals surface area contributed by atoms with Crippen LogP contribution in [0.25, 0.3) is 0 Å². The molecule has 1 heterocycles. The third-order valence-electron chi connectivity index (χ3n) is 4.04. The summed E-state index contributed by atoms with van der Waals surface area (Å²) in [6.45, 7) is 5.71. The van der Waals surface area contributed by atoms with E-state index in [2.05, 4.69) is 16.4 Å². The van der Waals surface area contributed by atoms with Crippen molar-refractivity contribution < 1.29 is 9.53 Å². The molecule has 1 atom stereocenters. The number of aromatic nitrogens is 1. The average Bonchev–Trinajstić information content (AvgIpc) is 3.03. The second-order valence-corrected chi connectivity index (χ2v) is 8.58. The van der Waals surface area contributed by atoms with Crippen LogP contribution in [0.1, 0.15) is 28.5 Å². The number of thiazole rings is 1. The lowest BCUT2D eigenvalue weighted by atomic mass is 10.1. The van der Waals surface area contributed by atoms with Gasteiger partial charge in [-0.25, -0.2) is 4.98 Å². The molecule has 2 aromatic carbocycles. The molecule has 1 aromatic heterocycles. The van der Waals surface area contributed by atoms with Crippen LogP contribution in [0.4, 0.5) is 5.13 Å². The van der Waals surface area contributed by atoms with Crippen LogP contribution in [-0.4, -0.2) is 17.0 Å². The average molecular weight is 435 g/mol. The fraction of sp³-hybridized carbons (Fsp3) is 0.238. The largest absolute Gasteiger partial charge is 0.481 e. The molecule has 4 nitrogen and oxygen atoms in total. The topological polar surface area (TPSA) is 51.2 Å². The van der Waals surface area contributed by atoms with E-state index in [9.17, 15) is 4.79 Å². The summed E-state index contributed by atoms with van der Waals surface area (Å²) in [4.78, 5) is 17.7. The number of amides is 1. The molecule has 146 valence electrons. The van der Waals surface area contributed by atoms with Crippen molar-refractivity contribution in [2.24, 2.45) is 0 Å². The molecule has 1 unspecified atom stereocenters. The number of nitrogens with zero attached hydrogens (tertiary/aromatic N) is 1. The van der Waals surface area contributed by atoms with Gasteiger partial charge in [0.25, 0.3) is 5.91 Å². The molecule has 0 aliphatic heterocycles. The third kappa shape index (κ3) is 5.47. The highest BCUT2D eigenvalue weighted by atomic mass is 35.5. The summed E-state index contributed by atoms with van der Waals surface area (Å²) in [6, 6.07) is 11.3. The molecule has 0 aliphatic carbocycles. The van der Waals surface area contributed by atoms with Crippen LogP contribution in [0.15, 0.2) is 42.6 Å². The Morgan fingerprint density at radius 1 is 1.18 bits per heavy atom. The van der Waals surface area contributed by atoms with Crippen LogP contribution in [0.2, 0.25) is 10.0 Å². The van der Waals surface area contributed by atoms with Gasteiger partial charge in [0.1, 0.15) is 5.75 Å². The number of halogens is 2. The summed E-state index contributed by atoms with van der Waals surface area (Å²) in [5.74, 6) is 0.432. The van der Waals surface area contributed by atoms with Gasteiger partial charge < -0.3 is 4.74 Å². The zero-order valence-corrected chi connectivity index (χ0v) is 18.1. The van der Waals surface area contributed by atoms with Crippen molar-refractivity contribution in [1.29, 1.82) is 0 Å². The molecule has 1 amide bonds. The predicted octanol–water partition coefficient (Wildman–Crippen LogP) is 6.06. The molecule has 0 radical (unpaired) electrons. The number of aryl methyl sites for hydroxylation is 2. The van der Waals surface area contributed by atoms with Crippen molar-refractivity contribution in [3.8, 4) is 5.75 Å². The first-order chi connectivity index (χ1) is 13.3. The maximum absolute atomic E-state index is 12.4. The van der Waals surface area contributed by atoms with Gasteiger partial charge in [0.2, 0.25) is 0 Å². The fourth-order valence-electron chi connectivity index (χ4n) is 2.77. The van der Waals surface area contributed by atoms with Gasteiger partial charge in [-0.2, -0.15) is 0 Å². The van der Waals surface area contributed by atoms with Gasteiger partial charge in [0.15, 0.2) is 11.2 Å². The lowest BCUT2D eigenvalue weighted by Gasteiger charge is -2.14. The Kier molecular flexibility index (Phi) is 6.60. The summed E-state index contributed by atoms with van der Waals surface area (Å²) < 4.78 is 5.77. The molecule has 7 heteroatoms. The van der Waals surface area contributed by atoms with E-state index in [0.29, 0.717) is 27.3 Å². The smallest absolute Gasteiger partial charge is 0.266 e. The molecule has 28 heavy (non-hydrogen) atoms. The van der Waals surface area contributed by atoms with Gasteiger partial charge in [0, 0.05) is 27.5 Å². The van der Waals surface area contributed by atoms with Gasteiger partial charge in [0.05, 0.1) is 0 Å². The Balaban J connectivity index is 1.61. The molecule has 0 saturated carbocycles. The Morgan fingerprint density at radius 2 is 1.89 bits per heavy atom. The Hall–Kier alpha value is -2.08. The Bertz CT molecular complexity index is 984. The SMILES string of the molecule is Cc1cc(C)cc(OC(C)C(=O)Nc2ncc(Cc3ccc(Cl)cc3Cl)s2)c1. The minimum atomic E-state index is -0.640. The molecule has 3 aromatic rings. The maximum atomic E-state index is 12.4. The van der Waals surface area contributed by atoms with Crippen molar-refractivity contribution in [3.05, 3.63) is 74.2 Å². The monoisotopic (exact) mass is 434 g/mol. The van der Waals surface area contributed by atoms with Crippen molar-refractivity contribution in [2.45, 2.75) is 33.3 Å². The number of benzene rings is 2. The number of hydrogen-bond acceptors (Lipinski definition) is 4. The van der Waals surface area contributed by atoms with Crippen molar-refractivity contribution >= 4 is 45.6 Å². The van der Waals surface area contributed by atoms with E-state index in [4.69, 9.17) is 27.9 Å². The Labute approximate surface area is 178 Å². The third-order valence-corrected chi connectivity index (χ3v) is 5.54. The summed E-state index contributed by atoms with van der Waals surface area (Å²) in [6.07, 6.45) is 1.72. The van der Waals surface area contributed by atoms with Crippen LogP contribution < -0.4 is 10.1 Å². The van der Waals surface area contributed by atoms with Crippen molar-refractivity contribution in [2.75, 3.05) is 5.32 Å². The van der Waals surface area contributed by atoms with Gasteiger partial charge >= 0.3 is 0 Å². The van der Waals surface area contributed by atoms with Crippen LogP contribution in [0, 0.1) is 13.8 Å². The quantitative estimate of drug-likeness (QED) is 0.512. The molecule has 0 aliphatic rings. The number of ether oxygens (including phenoxy) is 1. The molecule has 0 saturated heterocycles. The van der Waals surface area contributed by atoms with Crippen LogP contribution in [0.3, 0.4) is 0 Å². The van der Waals surface area contributed by atoms with Crippen LogP contribution in [0.5, 0.6) is 5.75 Å². The van der Waals surface area contributed by atoms with E-state index >= 15 is 0 Å². The van der Waals surface area contributed by atoms with E-state index in [-0.39, 0.29) is 5.91 Å². The van der Waals surface area contributed by atoms with E-state index in [1.165, 1.54) is 11.3 Å². The number of anilines is 1. The van der Waals surface area contributed by atoms with Crippen LogP contribution in [-0.2, 0) is 11.2 Å². The van der Waals surface area contributed by atoms with Gasteiger partial charge in [-0.3, -0.25) is 10.1 Å². The first kappa shape index (κ1) is 20.6. The number of carbonyl (C=O) groups is 1. The number of nitrogens with one attached hydrogen (secondary N) is 1. The second kappa shape index (κ2) is 8.95. The van der Waals surface area contributed by atoms with E-state index < -0.39 is 6.10 Å². The molecular formula is C21H20Cl2N2O2S. The standard InChI is InChI=1S/C21H20Cl2N2O2S/c1-12-6-13(2)8-17(7-12)27-14(3)20(26)25-21-24-11-18(28-21)9-15-4-5-16(22)10-19(15)23/h4-8,10-11,14H,9H2,1-3H3,(H,24,25,26). The number of hydrogen-bond donors (Lipinski definition) is 1. The van der Waals surface area contributed by atoms with E-state index in [0.717, 1.165) is 21.6 Å². The van der Waals surface area contributed by atoms with E-state index in [1.807, 2.05) is 32.0 Å². The molecule has 3 rings (SSSR count). The maximum Gasteiger partial charge on any atom is 0.266 e. The zero-order valence-electron chi connectivity index (χ0n) is 15.8. The molecule has 1 N–H and O–H groups in total. The predicted molar refractivity (Wildman–Crippen MR) is 116 cm³/mol. The number of rotatable bonds is 6. The molecular weight excluding hydrogens is 415 g/mol. The highest BCUT2D eigenvalue weighted by molar-refractivity contribution is 7.15.